The first-order chi connectivity index (χ1) is 14.0. The fourth-order valence-corrected chi connectivity index (χ4v) is 7.95. The number of aromatic nitrogens is 1. The van der Waals surface area contributed by atoms with Crippen LogP contribution in [0.2, 0.25) is 0 Å². The van der Waals surface area contributed by atoms with E-state index in [-0.39, 0.29) is 5.41 Å². The van der Waals surface area contributed by atoms with Crippen LogP contribution in [0, 0.1) is 37.0 Å². The minimum Gasteiger partial charge on any atom is -0.358 e. The molecule has 0 spiro atoms. The van der Waals surface area contributed by atoms with Crippen molar-refractivity contribution in [2.24, 2.45) is 23.2 Å². The lowest BCUT2D eigenvalue weighted by atomic mass is 9.49. The van der Waals surface area contributed by atoms with Gasteiger partial charge in [-0.15, -0.1) is 0 Å². The van der Waals surface area contributed by atoms with Crippen LogP contribution in [0.4, 0.5) is 0 Å². The summed E-state index contributed by atoms with van der Waals surface area (Å²) in [6.45, 7) is 6.32. The molecule has 4 bridgehead atoms. The maximum absolute atomic E-state index is 13.7. The SMILES string of the molecule is Cc1ccc2[nH]c(C3CCN(C(=O)C45CC6CC(CC(C6)C4)C5)CC3)c(C)c2c1. The number of carbonyl (C=O) groups excluding carboxylic acids is 1. The van der Waals surface area contributed by atoms with E-state index in [1.807, 2.05) is 0 Å². The van der Waals surface area contributed by atoms with Crippen molar-refractivity contribution in [1.82, 2.24) is 9.88 Å². The Kier molecular flexibility index (Phi) is 3.96. The molecule has 1 N–H and O–H groups in total. The summed E-state index contributed by atoms with van der Waals surface area (Å²) >= 11 is 0. The van der Waals surface area contributed by atoms with Crippen molar-refractivity contribution < 1.29 is 4.79 Å². The molecule has 1 aromatic heterocycles. The largest absolute Gasteiger partial charge is 0.358 e. The molecule has 3 heteroatoms. The smallest absolute Gasteiger partial charge is 0.228 e. The van der Waals surface area contributed by atoms with Gasteiger partial charge in [-0.1, -0.05) is 11.6 Å². The molecular weight excluding hydrogens is 356 g/mol. The van der Waals surface area contributed by atoms with E-state index < -0.39 is 0 Å². The van der Waals surface area contributed by atoms with Crippen LogP contribution in [0.15, 0.2) is 18.2 Å². The Morgan fingerprint density at radius 1 is 1.00 bits per heavy atom. The quantitative estimate of drug-likeness (QED) is 0.701. The number of hydrogen-bond donors (Lipinski definition) is 1. The van der Waals surface area contributed by atoms with Crippen LogP contribution in [-0.4, -0.2) is 28.9 Å². The number of amides is 1. The van der Waals surface area contributed by atoms with Gasteiger partial charge in [0, 0.05) is 35.6 Å². The van der Waals surface area contributed by atoms with E-state index in [1.165, 1.54) is 66.2 Å². The van der Waals surface area contributed by atoms with E-state index >= 15 is 0 Å². The Labute approximate surface area is 174 Å². The molecule has 2 aromatic rings. The summed E-state index contributed by atoms with van der Waals surface area (Å²) < 4.78 is 0. The third kappa shape index (κ3) is 2.79. The van der Waals surface area contributed by atoms with Crippen molar-refractivity contribution in [3.63, 3.8) is 0 Å². The fraction of sp³-hybridized carbons (Fsp3) is 0.654. The number of rotatable bonds is 2. The molecule has 1 aromatic carbocycles. The van der Waals surface area contributed by atoms with E-state index in [0.717, 1.165) is 43.7 Å². The zero-order valence-electron chi connectivity index (χ0n) is 18.0. The van der Waals surface area contributed by atoms with Crippen molar-refractivity contribution in [3.8, 4) is 0 Å². The van der Waals surface area contributed by atoms with Gasteiger partial charge in [-0.25, -0.2) is 0 Å². The highest BCUT2D eigenvalue weighted by Crippen LogP contribution is 2.60. The monoisotopic (exact) mass is 390 g/mol. The van der Waals surface area contributed by atoms with Gasteiger partial charge >= 0.3 is 0 Å². The van der Waals surface area contributed by atoms with Gasteiger partial charge in [0.15, 0.2) is 0 Å². The number of nitrogens with one attached hydrogen (secondary N) is 1. The minimum absolute atomic E-state index is 0.0240. The van der Waals surface area contributed by atoms with Crippen molar-refractivity contribution >= 4 is 16.8 Å². The van der Waals surface area contributed by atoms with Crippen molar-refractivity contribution in [2.45, 2.75) is 71.1 Å². The van der Waals surface area contributed by atoms with E-state index in [1.54, 1.807) is 0 Å². The van der Waals surface area contributed by atoms with Gasteiger partial charge in [-0.2, -0.15) is 0 Å². The summed E-state index contributed by atoms with van der Waals surface area (Å²) in [7, 11) is 0. The van der Waals surface area contributed by atoms with Crippen molar-refractivity contribution in [2.75, 3.05) is 13.1 Å². The molecule has 2 heterocycles. The fourth-order valence-electron chi connectivity index (χ4n) is 7.95. The van der Waals surface area contributed by atoms with Gasteiger partial charge in [0.1, 0.15) is 0 Å². The number of carbonyl (C=O) groups is 1. The summed E-state index contributed by atoms with van der Waals surface area (Å²) in [6, 6.07) is 6.71. The Morgan fingerprint density at radius 3 is 2.24 bits per heavy atom. The normalized spacial score (nSPS) is 34.3. The molecule has 1 amide bonds. The highest BCUT2D eigenvalue weighted by Gasteiger charge is 2.55. The second-order valence-electron chi connectivity index (χ2n) is 11.0. The molecule has 7 rings (SSSR count). The van der Waals surface area contributed by atoms with E-state index in [4.69, 9.17) is 0 Å². The number of nitrogens with zero attached hydrogens (tertiary/aromatic N) is 1. The zero-order chi connectivity index (χ0) is 19.8. The van der Waals surface area contributed by atoms with Gasteiger partial charge in [0.05, 0.1) is 5.41 Å². The maximum Gasteiger partial charge on any atom is 0.228 e. The highest BCUT2D eigenvalue weighted by atomic mass is 16.2. The third-order valence-electron chi connectivity index (χ3n) is 8.93. The lowest BCUT2D eigenvalue weighted by Gasteiger charge is -2.57. The Morgan fingerprint density at radius 2 is 1.62 bits per heavy atom. The molecule has 5 fully saturated rings. The number of fused-ring (bicyclic) bond motifs is 1. The van der Waals surface area contributed by atoms with Gasteiger partial charge < -0.3 is 9.88 Å². The van der Waals surface area contributed by atoms with Crippen molar-refractivity contribution in [1.29, 1.82) is 0 Å². The van der Waals surface area contributed by atoms with Gasteiger partial charge in [-0.05, 0) is 101 Å². The van der Waals surface area contributed by atoms with Gasteiger partial charge in [0.2, 0.25) is 5.91 Å². The van der Waals surface area contributed by atoms with E-state index in [0.29, 0.717) is 11.8 Å². The van der Waals surface area contributed by atoms with Crippen LogP contribution in [0.25, 0.3) is 10.9 Å². The molecule has 154 valence electrons. The van der Waals surface area contributed by atoms with Crippen LogP contribution in [0.5, 0.6) is 0 Å². The minimum atomic E-state index is 0.0240. The van der Waals surface area contributed by atoms with E-state index in [2.05, 4.69) is 41.9 Å². The molecule has 3 nitrogen and oxygen atoms in total. The van der Waals surface area contributed by atoms with Gasteiger partial charge in [-0.3, -0.25) is 4.79 Å². The molecular formula is C26H34N2O. The highest BCUT2D eigenvalue weighted by molar-refractivity contribution is 5.85. The Hall–Kier alpha value is -1.77. The van der Waals surface area contributed by atoms with Crippen LogP contribution >= 0.6 is 0 Å². The summed E-state index contributed by atoms with van der Waals surface area (Å²) in [5.41, 5.74) is 5.43. The molecule has 4 aliphatic carbocycles. The predicted octanol–water partition coefficient (Wildman–Crippen LogP) is 5.71. The van der Waals surface area contributed by atoms with Crippen molar-refractivity contribution in [3.05, 3.63) is 35.0 Å². The lowest BCUT2D eigenvalue weighted by Crippen LogP contribution is -2.55. The van der Waals surface area contributed by atoms with Crippen LogP contribution in [-0.2, 0) is 4.79 Å². The molecule has 0 unspecified atom stereocenters. The average molecular weight is 391 g/mol. The molecule has 29 heavy (non-hydrogen) atoms. The number of aryl methyl sites for hydroxylation is 2. The number of benzene rings is 1. The van der Waals surface area contributed by atoms with Crippen LogP contribution in [0.3, 0.4) is 0 Å². The Balaban J connectivity index is 1.18. The predicted molar refractivity (Wildman–Crippen MR) is 117 cm³/mol. The maximum atomic E-state index is 13.7. The molecule has 1 saturated heterocycles. The molecule has 4 saturated carbocycles. The second-order valence-corrected chi connectivity index (χ2v) is 11.0. The Bertz CT molecular complexity index is 927. The topological polar surface area (TPSA) is 36.1 Å². The molecule has 0 radical (unpaired) electrons. The molecule has 0 atom stereocenters. The number of aromatic amines is 1. The number of hydrogen-bond acceptors (Lipinski definition) is 1. The second kappa shape index (κ2) is 6.36. The molecule has 1 aliphatic heterocycles. The lowest BCUT2D eigenvalue weighted by molar-refractivity contribution is -0.158. The first-order valence-electron chi connectivity index (χ1n) is 11.9. The molecule has 5 aliphatic rings. The van der Waals surface area contributed by atoms with Crippen LogP contribution in [0.1, 0.15) is 74.1 Å². The summed E-state index contributed by atoms with van der Waals surface area (Å²) in [5, 5.41) is 1.37. The number of H-pyrrole nitrogens is 1. The summed E-state index contributed by atoms with van der Waals surface area (Å²) in [6.07, 6.45) is 10.0. The summed E-state index contributed by atoms with van der Waals surface area (Å²) in [5.74, 6) is 3.63. The number of likely N-dealkylation sites (tertiary alicyclic amines) is 1. The number of piperidine rings is 1. The summed E-state index contributed by atoms with van der Waals surface area (Å²) in [4.78, 5) is 19.6. The van der Waals surface area contributed by atoms with Crippen LogP contribution < -0.4 is 0 Å². The first kappa shape index (κ1) is 18.0. The zero-order valence-corrected chi connectivity index (χ0v) is 18.0. The standard InChI is InChI=1S/C26H34N2O/c1-16-3-4-23-22(9-16)17(2)24(27-23)21-5-7-28(8-6-21)25(29)26-13-18-10-19(14-26)12-20(11-18)15-26/h3-4,9,18-21,27H,5-8,10-15H2,1-2H3. The third-order valence-corrected chi connectivity index (χ3v) is 8.93. The average Bonchev–Trinajstić information content (AvgIpc) is 3.03. The van der Waals surface area contributed by atoms with Gasteiger partial charge in [0.25, 0.3) is 0 Å². The first-order valence-corrected chi connectivity index (χ1v) is 11.9. The van der Waals surface area contributed by atoms with E-state index in [9.17, 15) is 4.79 Å².